The van der Waals surface area contributed by atoms with E-state index in [1.807, 2.05) is 19.1 Å². The highest BCUT2D eigenvalue weighted by atomic mass is 16.6. The molecule has 0 saturated heterocycles. The summed E-state index contributed by atoms with van der Waals surface area (Å²) in [7, 11) is 0. The molecule has 2 rings (SSSR count). The Morgan fingerprint density at radius 2 is 2.05 bits per heavy atom. The molecule has 1 aromatic rings. The summed E-state index contributed by atoms with van der Waals surface area (Å²) in [6.07, 6.45) is 4.69. The Labute approximate surface area is 114 Å². The number of rotatable bonds is 4. The average Bonchev–Trinajstić information content (AvgIpc) is 2.81. The molecule has 0 radical (unpaired) electrons. The highest BCUT2D eigenvalue weighted by Crippen LogP contribution is 2.29. The van der Waals surface area contributed by atoms with Gasteiger partial charge in [-0.2, -0.15) is 5.10 Å². The first kappa shape index (κ1) is 13.7. The molecule has 1 N–H and O–H groups in total. The number of nitro benzene ring substituents is 2. The van der Waals surface area contributed by atoms with Crippen molar-refractivity contribution in [2.45, 2.75) is 13.3 Å². The van der Waals surface area contributed by atoms with Crippen LogP contribution in [-0.2, 0) is 0 Å². The zero-order valence-electron chi connectivity index (χ0n) is 10.6. The molecule has 0 amide bonds. The topological polar surface area (TPSA) is 111 Å². The van der Waals surface area contributed by atoms with Crippen LogP contribution in [0.4, 0.5) is 17.1 Å². The predicted octanol–water partition coefficient (Wildman–Crippen LogP) is 2.87. The minimum absolute atomic E-state index is 0.126. The summed E-state index contributed by atoms with van der Waals surface area (Å²) < 4.78 is 0. The number of nitrogens with zero attached hydrogens (tertiary/aromatic N) is 3. The van der Waals surface area contributed by atoms with E-state index in [0.717, 1.165) is 18.2 Å². The van der Waals surface area contributed by atoms with Crippen molar-refractivity contribution in [3.05, 3.63) is 50.6 Å². The number of hydrogen-bond donors (Lipinski definition) is 1. The second kappa shape index (κ2) is 5.47. The van der Waals surface area contributed by atoms with Gasteiger partial charge in [0.05, 0.1) is 21.6 Å². The normalized spacial score (nSPS) is 19.2. The molecule has 1 aromatic carbocycles. The number of hydrazone groups is 1. The minimum atomic E-state index is -0.677. The fourth-order valence-electron chi connectivity index (χ4n) is 1.83. The molecule has 104 valence electrons. The predicted molar refractivity (Wildman–Crippen MR) is 73.7 cm³/mol. The van der Waals surface area contributed by atoms with Gasteiger partial charge in [0.25, 0.3) is 5.69 Å². The van der Waals surface area contributed by atoms with Crippen molar-refractivity contribution in [2.75, 3.05) is 5.43 Å². The lowest BCUT2D eigenvalue weighted by Crippen LogP contribution is -2.06. The largest absolute Gasteiger partial charge is 0.301 e. The maximum Gasteiger partial charge on any atom is 0.301 e. The van der Waals surface area contributed by atoms with Gasteiger partial charge in [-0.1, -0.05) is 13.0 Å². The third kappa shape index (κ3) is 2.79. The Balaban J connectivity index is 2.29. The number of benzene rings is 1. The molecule has 1 atom stereocenters. The van der Waals surface area contributed by atoms with Crippen LogP contribution in [0.15, 0.2) is 35.5 Å². The Kier molecular flexibility index (Phi) is 3.74. The monoisotopic (exact) mass is 276 g/mol. The van der Waals surface area contributed by atoms with E-state index in [2.05, 4.69) is 10.5 Å². The number of nitro groups is 2. The van der Waals surface area contributed by atoms with Crippen molar-refractivity contribution >= 4 is 22.8 Å². The van der Waals surface area contributed by atoms with Crippen LogP contribution < -0.4 is 5.43 Å². The van der Waals surface area contributed by atoms with Crippen LogP contribution in [0.25, 0.3) is 0 Å². The standard InChI is InChI=1S/C12H12N4O4/c1-8-3-2-4-10(8)13-14-11-6-5-9(15(17)18)7-12(11)16(19)20/h2,4-8,14H,3H2,1H3/b13-10+. The lowest BCUT2D eigenvalue weighted by molar-refractivity contribution is -0.393. The van der Waals surface area contributed by atoms with Crippen molar-refractivity contribution in [3.63, 3.8) is 0 Å². The Morgan fingerprint density at radius 1 is 1.30 bits per heavy atom. The van der Waals surface area contributed by atoms with Gasteiger partial charge in [0, 0.05) is 12.0 Å². The zero-order chi connectivity index (χ0) is 14.7. The Bertz CT molecular complexity index is 624. The summed E-state index contributed by atoms with van der Waals surface area (Å²) in [5.74, 6) is 0.250. The lowest BCUT2D eigenvalue weighted by Gasteiger charge is -2.05. The summed E-state index contributed by atoms with van der Waals surface area (Å²) in [6, 6.07) is 3.39. The van der Waals surface area contributed by atoms with Crippen LogP contribution >= 0.6 is 0 Å². The summed E-state index contributed by atoms with van der Waals surface area (Å²) >= 11 is 0. The van der Waals surface area contributed by atoms with E-state index in [0.29, 0.717) is 0 Å². The molecular formula is C12H12N4O4. The summed E-state index contributed by atoms with van der Waals surface area (Å²) in [6.45, 7) is 1.99. The number of allylic oxidation sites excluding steroid dienone is 2. The number of hydrogen-bond acceptors (Lipinski definition) is 6. The van der Waals surface area contributed by atoms with Crippen molar-refractivity contribution in [2.24, 2.45) is 11.0 Å². The Morgan fingerprint density at radius 3 is 2.60 bits per heavy atom. The van der Waals surface area contributed by atoms with E-state index in [-0.39, 0.29) is 23.0 Å². The maximum absolute atomic E-state index is 10.9. The highest BCUT2D eigenvalue weighted by molar-refractivity contribution is 5.99. The van der Waals surface area contributed by atoms with Gasteiger partial charge in [-0.15, -0.1) is 0 Å². The quantitative estimate of drug-likeness (QED) is 0.671. The van der Waals surface area contributed by atoms with E-state index in [1.54, 1.807) is 0 Å². The third-order valence-electron chi connectivity index (χ3n) is 2.98. The number of non-ortho nitro benzene ring substituents is 1. The zero-order valence-corrected chi connectivity index (χ0v) is 10.6. The van der Waals surface area contributed by atoms with E-state index < -0.39 is 9.85 Å². The summed E-state index contributed by atoms with van der Waals surface area (Å²) in [5.41, 5.74) is 2.81. The van der Waals surface area contributed by atoms with Crippen molar-refractivity contribution in [1.29, 1.82) is 0 Å². The molecule has 0 saturated carbocycles. The van der Waals surface area contributed by atoms with Crippen LogP contribution in [0.2, 0.25) is 0 Å². The van der Waals surface area contributed by atoms with Gasteiger partial charge in [0.2, 0.25) is 0 Å². The number of nitrogens with one attached hydrogen (secondary N) is 1. The van der Waals surface area contributed by atoms with Crippen molar-refractivity contribution in [3.8, 4) is 0 Å². The van der Waals surface area contributed by atoms with Gasteiger partial charge < -0.3 is 0 Å². The molecule has 1 aliphatic rings. The first-order chi connectivity index (χ1) is 9.49. The fraction of sp³-hybridized carbons (Fsp3) is 0.250. The van der Waals surface area contributed by atoms with E-state index in [4.69, 9.17) is 0 Å². The Hall–Kier alpha value is -2.77. The average molecular weight is 276 g/mol. The van der Waals surface area contributed by atoms with E-state index in [1.165, 1.54) is 12.1 Å². The molecule has 0 heterocycles. The van der Waals surface area contributed by atoms with Crippen LogP contribution in [0.1, 0.15) is 13.3 Å². The smallest absolute Gasteiger partial charge is 0.271 e. The molecule has 20 heavy (non-hydrogen) atoms. The second-order valence-corrected chi connectivity index (χ2v) is 4.40. The summed E-state index contributed by atoms with van der Waals surface area (Å²) in [4.78, 5) is 20.2. The van der Waals surface area contributed by atoms with Gasteiger partial charge in [0.1, 0.15) is 5.69 Å². The van der Waals surface area contributed by atoms with Gasteiger partial charge in [-0.25, -0.2) is 0 Å². The number of anilines is 1. The third-order valence-corrected chi connectivity index (χ3v) is 2.98. The van der Waals surface area contributed by atoms with Gasteiger partial charge in [0.15, 0.2) is 0 Å². The minimum Gasteiger partial charge on any atom is -0.271 e. The van der Waals surface area contributed by atoms with Crippen molar-refractivity contribution < 1.29 is 9.85 Å². The molecule has 0 spiro atoms. The lowest BCUT2D eigenvalue weighted by atomic mass is 10.1. The van der Waals surface area contributed by atoms with Gasteiger partial charge in [-0.3, -0.25) is 25.7 Å². The van der Waals surface area contributed by atoms with Crippen LogP contribution in [0.3, 0.4) is 0 Å². The van der Waals surface area contributed by atoms with E-state index >= 15 is 0 Å². The molecule has 1 aliphatic carbocycles. The van der Waals surface area contributed by atoms with Gasteiger partial charge in [-0.05, 0) is 18.6 Å². The molecule has 8 heteroatoms. The molecular weight excluding hydrogens is 264 g/mol. The summed E-state index contributed by atoms with van der Waals surface area (Å²) in [5, 5.41) is 25.7. The second-order valence-electron chi connectivity index (χ2n) is 4.40. The molecule has 0 aliphatic heterocycles. The molecule has 1 unspecified atom stereocenters. The van der Waals surface area contributed by atoms with Crippen molar-refractivity contribution in [1.82, 2.24) is 0 Å². The first-order valence-electron chi connectivity index (χ1n) is 5.92. The van der Waals surface area contributed by atoms with Crippen LogP contribution in [0.5, 0.6) is 0 Å². The molecule has 0 aromatic heterocycles. The van der Waals surface area contributed by atoms with Crippen LogP contribution in [0, 0.1) is 26.1 Å². The molecule has 8 nitrogen and oxygen atoms in total. The molecule has 0 bridgehead atoms. The maximum atomic E-state index is 10.9. The van der Waals surface area contributed by atoms with E-state index in [9.17, 15) is 20.2 Å². The SMILES string of the molecule is CC1CC=C/C1=N\Nc1ccc([N+](=O)[O-])cc1[N+](=O)[O-]. The molecule has 0 fully saturated rings. The van der Waals surface area contributed by atoms with Crippen LogP contribution in [-0.4, -0.2) is 15.6 Å². The highest BCUT2D eigenvalue weighted by Gasteiger charge is 2.20. The van der Waals surface area contributed by atoms with Gasteiger partial charge >= 0.3 is 5.69 Å². The first-order valence-corrected chi connectivity index (χ1v) is 5.92. The fourth-order valence-corrected chi connectivity index (χ4v) is 1.83.